The Morgan fingerprint density at radius 1 is 0.276 bits per heavy atom. The molecule has 0 amide bonds. The van der Waals surface area contributed by atoms with Crippen LogP contribution in [0.25, 0.3) is 0 Å². The van der Waals surface area contributed by atoms with Crippen LogP contribution in [0.4, 0.5) is 0 Å². The predicted molar refractivity (Wildman–Crippen MR) is 330 cm³/mol. The molecule has 6 nitrogen and oxygen atoms in total. The summed E-state index contributed by atoms with van der Waals surface area (Å²) in [5.74, 6) is -0.986. The van der Waals surface area contributed by atoms with Gasteiger partial charge in [-0.05, 0) is 77.0 Å². The first kappa shape index (κ1) is 72.8. The Bertz CT molecular complexity index is 1400. The summed E-state index contributed by atoms with van der Waals surface area (Å²) in [6.07, 6.45) is 83.8. The van der Waals surface area contributed by atoms with Gasteiger partial charge in [0.1, 0.15) is 13.2 Å². The van der Waals surface area contributed by atoms with Gasteiger partial charge in [0.2, 0.25) is 0 Å². The van der Waals surface area contributed by atoms with Crippen LogP contribution in [0, 0.1) is 0 Å². The Hall–Kier alpha value is -3.15. The maximum atomic E-state index is 12.9. The first-order valence-electron chi connectivity index (χ1n) is 32.9. The first-order chi connectivity index (χ1) is 37.5. The Morgan fingerprint density at radius 2 is 0.539 bits per heavy atom. The topological polar surface area (TPSA) is 78.9 Å². The van der Waals surface area contributed by atoms with Crippen LogP contribution in [0.3, 0.4) is 0 Å². The number of rotatable bonds is 60. The molecule has 0 saturated heterocycles. The highest BCUT2D eigenvalue weighted by atomic mass is 16.6. The van der Waals surface area contributed by atoms with E-state index in [2.05, 4.69) is 87.6 Å². The summed E-state index contributed by atoms with van der Waals surface area (Å²) in [6.45, 7) is 6.47. The molecule has 0 aromatic heterocycles. The molecule has 0 saturated carbocycles. The molecule has 440 valence electrons. The van der Waals surface area contributed by atoms with Crippen LogP contribution in [0.5, 0.6) is 0 Å². The Morgan fingerprint density at radius 3 is 0.895 bits per heavy atom. The lowest BCUT2D eigenvalue weighted by molar-refractivity contribution is -0.166. The minimum atomic E-state index is -0.811. The number of unbranched alkanes of at least 4 members (excludes halogenated alkanes) is 37. The number of hydrogen-bond donors (Lipinski definition) is 0. The maximum absolute atomic E-state index is 12.9. The largest absolute Gasteiger partial charge is 0.462 e. The molecule has 0 bridgehead atoms. The van der Waals surface area contributed by atoms with Crippen LogP contribution in [0.15, 0.2) is 72.9 Å². The summed E-state index contributed by atoms with van der Waals surface area (Å²) in [4.78, 5) is 38.2. The van der Waals surface area contributed by atoms with Crippen molar-refractivity contribution in [3.05, 3.63) is 72.9 Å². The van der Waals surface area contributed by atoms with Crippen molar-refractivity contribution < 1.29 is 28.6 Å². The molecular weight excluding hydrogens is 937 g/mol. The minimum Gasteiger partial charge on any atom is -0.462 e. The van der Waals surface area contributed by atoms with Crippen LogP contribution in [0.2, 0.25) is 0 Å². The SMILES string of the molecule is CC/C=C\C/C=C\C/C=C\C/C=C\CCC(=O)OCC(COC(=O)CCCCCCCCCCCCCCCCCCCCCCCCCCCCCCC)OC(=O)CCCCCCC/C=C\C/C=C\CCCCCC. The number of esters is 3. The lowest BCUT2D eigenvalue weighted by Gasteiger charge is -2.18. The van der Waals surface area contributed by atoms with Gasteiger partial charge in [-0.2, -0.15) is 0 Å². The monoisotopic (exact) mass is 1060 g/mol. The van der Waals surface area contributed by atoms with Gasteiger partial charge in [-0.1, -0.05) is 312 Å². The van der Waals surface area contributed by atoms with E-state index in [9.17, 15) is 14.4 Å². The van der Waals surface area contributed by atoms with Crippen molar-refractivity contribution in [2.75, 3.05) is 13.2 Å². The summed E-state index contributed by atoms with van der Waals surface area (Å²) >= 11 is 0. The maximum Gasteiger partial charge on any atom is 0.306 e. The van der Waals surface area contributed by atoms with Gasteiger partial charge in [0.05, 0.1) is 0 Å². The third kappa shape index (κ3) is 61.7. The molecule has 0 heterocycles. The van der Waals surface area contributed by atoms with E-state index in [4.69, 9.17) is 14.2 Å². The normalized spacial score (nSPS) is 12.5. The van der Waals surface area contributed by atoms with Crippen LogP contribution in [-0.2, 0) is 28.6 Å². The van der Waals surface area contributed by atoms with Crippen molar-refractivity contribution in [1.82, 2.24) is 0 Å². The molecule has 0 fully saturated rings. The van der Waals surface area contributed by atoms with Crippen LogP contribution in [-0.4, -0.2) is 37.2 Å². The van der Waals surface area contributed by atoms with Gasteiger partial charge in [-0.25, -0.2) is 0 Å². The third-order valence-electron chi connectivity index (χ3n) is 14.5. The average Bonchev–Trinajstić information content (AvgIpc) is 3.42. The van der Waals surface area contributed by atoms with Gasteiger partial charge in [-0.15, -0.1) is 0 Å². The fourth-order valence-corrected chi connectivity index (χ4v) is 9.55. The quantitative estimate of drug-likeness (QED) is 0.0261. The molecule has 0 aromatic rings. The fraction of sp³-hybridized carbons (Fsp3) is 0.786. The summed E-state index contributed by atoms with van der Waals surface area (Å²) < 4.78 is 16.8. The van der Waals surface area contributed by atoms with E-state index in [0.717, 1.165) is 89.9 Å². The summed E-state index contributed by atoms with van der Waals surface area (Å²) in [5.41, 5.74) is 0. The van der Waals surface area contributed by atoms with Gasteiger partial charge in [-0.3, -0.25) is 14.4 Å². The fourth-order valence-electron chi connectivity index (χ4n) is 9.55. The molecule has 0 aliphatic rings. The van der Waals surface area contributed by atoms with Gasteiger partial charge in [0.15, 0.2) is 6.10 Å². The second kappa shape index (κ2) is 64.4. The number of allylic oxidation sites excluding steroid dienone is 12. The second-order valence-electron chi connectivity index (χ2n) is 22.0. The highest BCUT2D eigenvalue weighted by molar-refractivity contribution is 5.71. The van der Waals surface area contributed by atoms with Crippen molar-refractivity contribution in [2.45, 2.75) is 341 Å². The van der Waals surface area contributed by atoms with Crippen molar-refractivity contribution >= 4 is 17.9 Å². The number of hydrogen-bond acceptors (Lipinski definition) is 6. The van der Waals surface area contributed by atoms with E-state index in [1.54, 1.807) is 0 Å². The average molecular weight is 1060 g/mol. The lowest BCUT2D eigenvalue weighted by Crippen LogP contribution is -2.30. The highest BCUT2D eigenvalue weighted by Gasteiger charge is 2.19. The molecule has 0 radical (unpaired) electrons. The third-order valence-corrected chi connectivity index (χ3v) is 14.5. The van der Waals surface area contributed by atoms with Crippen LogP contribution in [0.1, 0.15) is 335 Å². The standard InChI is InChI=1S/C70H124O6/c1-4-7-10-13-16-19-22-25-27-29-30-31-32-33-34-35-36-37-38-39-40-41-43-45-48-51-54-57-60-63-69(72)75-66-67(65-74-68(71)62-59-56-53-50-47-44-24-21-18-15-12-9-6-3)76-70(73)64-61-58-55-52-49-46-42-28-26-23-20-17-14-11-8-5-2/h9,12,18,20-21,23,28,42,44,47,53,56,67H,4-8,10-11,13-17,19,22,24-27,29-41,43,45-46,48-52,54-55,57-66H2,1-3H3/b12-9-,21-18-,23-20-,42-28-,47-44-,56-53-. The molecule has 1 unspecified atom stereocenters. The zero-order chi connectivity index (χ0) is 55.0. The zero-order valence-electron chi connectivity index (χ0n) is 50.5. The zero-order valence-corrected chi connectivity index (χ0v) is 50.5. The highest BCUT2D eigenvalue weighted by Crippen LogP contribution is 2.18. The van der Waals surface area contributed by atoms with E-state index < -0.39 is 6.10 Å². The van der Waals surface area contributed by atoms with Gasteiger partial charge < -0.3 is 14.2 Å². The Balaban J connectivity index is 4.22. The smallest absolute Gasteiger partial charge is 0.306 e. The van der Waals surface area contributed by atoms with E-state index >= 15 is 0 Å². The van der Waals surface area contributed by atoms with Gasteiger partial charge in [0.25, 0.3) is 0 Å². The first-order valence-corrected chi connectivity index (χ1v) is 32.9. The predicted octanol–water partition coefficient (Wildman–Crippen LogP) is 22.5. The van der Waals surface area contributed by atoms with Crippen molar-refractivity contribution in [1.29, 1.82) is 0 Å². The molecule has 0 rings (SSSR count). The summed E-state index contributed by atoms with van der Waals surface area (Å²) in [6, 6.07) is 0. The van der Waals surface area contributed by atoms with Crippen molar-refractivity contribution in [2.24, 2.45) is 0 Å². The number of carbonyl (C=O) groups excluding carboxylic acids is 3. The number of carbonyl (C=O) groups is 3. The molecule has 1 atom stereocenters. The van der Waals surface area contributed by atoms with Crippen LogP contribution >= 0.6 is 0 Å². The molecule has 6 heteroatoms. The molecule has 76 heavy (non-hydrogen) atoms. The van der Waals surface area contributed by atoms with Gasteiger partial charge >= 0.3 is 17.9 Å². The molecule has 0 aromatic carbocycles. The molecule has 0 aliphatic heterocycles. The molecule has 0 spiro atoms. The van der Waals surface area contributed by atoms with E-state index in [-0.39, 0.29) is 37.5 Å². The Kier molecular flexibility index (Phi) is 61.7. The molecule has 0 aliphatic carbocycles. The minimum absolute atomic E-state index is 0.101. The number of ether oxygens (including phenoxy) is 3. The Labute approximate surface area is 472 Å². The second-order valence-corrected chi connectivity index (χ2v) is 22.0. The lowest BCUT2D eigenvalue weighted by atomic mass is 10.0. The van der Waals surface area contributed by atoms with E-state index in [0.29, 0.717) is 19.3 Å². The van der Waals surface area contributed by atoms with Crippen molar-refractivity contribution in [3.8, 4) is 0 Å². The summed E-state index contributed by atoms with van der Waals surface area (Å²) in [7, 11) is 0. The van der Waals surface area contributed by atoms with Crippen molar-refractivity contribution in [3.63, 3.8) is 0 Å². The molecule has 0 N–H and O–H groups in total. The molecular formula is C70H124O6. The van der Waals surface area contributed by atoms with E-state index in [1.165, 1.54) is 199 Å². The van der Waals surface area contributed by atoms with Crippen LogP contribution < -0.4 is 0 Å². The van der Waals surface area contributed by atoms with Gasteiger partial charge in [0, 0.05) is 19.3 Å². The summed E-state index contributed by atoms with van der Waals surface area (Å²) in [5, 5.41) is 0. The van der Waals surface area contributed by atoms with E-state index in [1.807, 2.05) is 6.08 Å².